The molecule has 0 fully saturated rings. The fourth-order valence-corrected chi connectivity index (χ4v) is 4.83. The number of hydrogen-bond acceptors (Lipinski definition) is 5. The number of H-pyrrole nitrogens is 1. The third kappa shape index (κ3) is 4.68. The molecule has 0 spiro atoms. The number of benzene rings is 2. The SMILES string of the molecule is Cc1cccc2ncc(-c3cn4nc(C(=O)NC(CO)c5ccc(Br)cc5)c(C(C)C)c4c(=O)[nH]3)cc12. The lowest BCUT2D eigenvalue weighted by molar-refractivity contribution is 0.0909. The average molecular weight is 560 g/mol. The molecule has 0 aliphatic carbocycles. The van der Waals surface area contributed by atoms with E-state index in [-0.39, 0.29) is 23.8 Å². The summed E-state index contributed by atoms with van der Waals surface area (Å²) in [5.74, 6) is -0.603. The number of rotatable bonds is 6. The molecule has 3 heterocycles. The van der Waals surface area contributed by atoms with Crippen LogP contribution in [0.4, 0.5) is 0 Å². The Morgan fingerprint density at radius 3 is 2.65 bits per heavy atom. The number of nitrogens with one attached hydrogen (secondary N) is 2. The highest BCUT2D eigenvalue weighted by molar-refractivity contribution is 9.10. The number of halogens is 1. The van der Waals surface area contributed by atoms with E-state index in [0.717, 1.165) is 32.1 Å². The molecule has 1 unspecified atom stereocenters. The third-order valence-corrected chi connectivity index (χ3v) is 7.00. The molecule has 9 heteroatoms. The zero-order valence-electron chi connectivity index (χ0n) is 20.6. The first-order valence-corrected chi connectivity index (χ1v) is 12.7. The monoisotopic (exact) mass is 559 g/mol. The first kappa shape index (κ1) is 24.9. The zero-order chi connectivity index (χ0) is 26.3. The summed E-state index contributed by atoms with van der Waals surface area (Å²) in [6.45, 7) is 5.56. The summed E-state index contributed by atoms with van der Waals surface area (Å²) in [5.41, 5.74) is 4.67. The standard InChI is InChI=1S/C28H26BrN5O3/c1-15(2)24-25(27(36)32-23(14-35)17-7-9-19(29)10-8-17)33-34-13-22(31-28(37)26(24)34)18-11-20-16(3)5-4-6-21(20)30-12-18/h4-13,15,23,35H,14H2,1-3H3,(H,31,37)(H,32,36). The van der Waals surface area contributed by atoms with Gasteiger partial charge >= 0.3 is 0 Å². The van der Waals surface area contributed by atoms with E-state index in [1.54, 1.807) is 12.4 Å². The van der Waals surface area contributed by atoms with Crippen molar-refractivity contribution in [3.05, 3.63) is 98.1 Å². The smallest absolute Gasteiger partial charge is 0.274 e. The van der Waals surface area contributed by atoms with E-state index >= 15 is 0 Å². The molecule has 37 heavy (non-hydrogen) atoms. The van der Waals surface area contributed by atoms with Gasteiger partial charge in [-0.05, 0) is 48.2 Å². The molecule has 2 aromatic carbocycles. The average Bonchev–Trinajstić information content (AvgIpc) is 3.29. The van der Waals surface area contributed by atoms with Crippen LogP contribution in [0.2, 0.25) is 0 Å². The van der Waals surface area contributed by atoms with E-state index in [0.29, 0.717) is 16.8 Å². The number of aliphatic hydroxyl groups excluding tert-OH is 1. The van der Waals surface area contributed by atoms with Crippen molar-refractivity contribution < 1.29 is 9.90 Å². The molecule has 0 radical (unpaired) electrons. The number of aromatic amines is 1. The molecule has 8 nitrogen and oxygen atoms in total. The lowest BCUT2D eigenvalue weighted by Gasteiger charge is -2.17. The molecular formula is C28H26BrN5O3. The number of fused-ring (bicyclic) bond motifs is 2. The number of aromatic nitrogens is 4. The van der Waals surface area contributed by atoms with Gasteiger partial charge < -0.3 is 15.4 Å². The zero-order valence-corrected chi connectivity index (χ0v) is 22.2. The maximum absolute atomic E-state index is 13.4. The van der Waals surface area contributed by atoms with E-state index in [2.05, 4.69) is 36.3 Å². The molecule has 188 valence electrons. The first-order valence-electron chi connectivity index (χ1n) is 11.9. The van der Waals surface area contributed by atoms with Crippen LogP contribution in [0.1, 0.15) is 53.0 Å². The Bertz CT molecular complexity index is 1690. The highest BCUT2D eigenvalue weighted by Crippen LogP contribution is 2.27. The normalized spacial score (nSPS) is 12.4. The molecule has 1 amide bonds. The van der Waals surface area contributed by atoms with Gasteiger partial charge in [-0.1, -0.05) is 54.0 Å². The molecular weight excluding hydrogens is 534 g/mol. The van der Waals surface area contributed by atoms with Gasteiger partial charge in [0.05, 0.1) is 30.1 Å². The Hall–Kier alpha value is -3.82. The van der Waals surface area contributed by atoms with Gasteiger partial charge in [-0.15, -0.1) is 0 Å². The van der Waals surface area contributed by atoms with Crippen LogP contribution in [0.3, 0.4) is 0 Å². The van der Waals surface area contributed by atoms with E-state index in [1.165, 1.54) is 4.52 Å². The molecule has 0 aliphatic rings. The Kier molecular flexibility index (Phi) is 6.66. The number of hydrogen-bond donors (Lipinski definition) is 3. The van der Waals surface area contributed by atoms with Crippen molar-refractivity contribution in [2.75, 3.05) is 6.61 Å². The molecule has 1 atom stereocenters. The van der Waals surface area contributed by atoms with Crippen LogP contribution >= 0.6 is 15.9 Å². The molecule has 3 aromatic heterocycles. The van der Waals surface area contributed by atoms with Crippen molar-refractivity contribution >= 4 is 38.3 Å². The number of aliphatic hydroxyl groups is 1. The fraction of sp³-hybridized carbons (Fsp3) is 0.214. The predicted molar refractivity (Wildman–Crippen MR) is 147 cm³/mol. The summed E-state index contributed by atoms with van der Waals surface area (Å²) < 4.78 is 2.36. The van der Waals surface area contributed by atoms with E-state index in [1.807, 2.05) is 69.3 Å². The van der Waals surface area contributed by atoms with Crippen molar-refractivity contribution in [2.24, 2.45) is 0 Å². The van der Waals surface area contributed by atoms with Crippen LogP contribution in [0.5, 0.6) is 0 Å². The molecule has 0 saturated heterocycles. The van der Waals surface area contributed by atoms with Gasteiger partial charge in [0, 0.05) is 27.2 Å². The van der Waals surface area contributed by atoms with Crippen LogP contribution in [0.15, 0.2) is 70.2 Å². The molecule has 5 rings (SSSR count). The highest BCUT2D eigenvalue weighted by atomic mass is 79.9. The largest absolute Gasteiger partial charge is 0.394 e. The van der Waals surface area contributed by atoms with Crippen LogP contribution in [-0.2, 0) is 0 Å². The van der Waals surface area contributed by atoms with Crippen molar-refractivity contribution in [1.29, 1.82) is 0 Å². The number of amides is 1. The summed E-state index contributed by atoms with van der Waals surface area (Å²) in [6, 6.07) is 14.6. The van der Waals surface area contributed by atoms with E-state index in [9.17, 15) is 14.7 Å². The number of pyridine rings is 1. The van der Waals surface area contributed by atoms with Crippen molar-refractivity contribution in [1.82, 2.24) is 24.9 Å². The van der Waals surface area contributed by atoms with Crippen molar-refractivity contribution in [2.45, 2.75) is 32.7 Å². The van der Waals surface area contributed by atoms with Gasteiger partial charge in [-0.25, -0.2) is 4.52 Å². The quantitative estimate of drug-likeness (QED) is 0.274. The lowest BCUT2D eigenvalue weighted by atomic mass is 10.0. The van der Waals surface area contributed by atoms with Crippen molar-refractivity contribution in [3.8, 4) is 11.3 Å². The summed E-state index contributed by atoms with van der Waals surface area (Å²) in [6.07, 6.45) is 3.42. The van der Waals surface area contributed by atoms with Gasteiger partial charge in [-0.3, -0.25) is 14.6 Å². The van der Waals surface area contributed by atoms with Crippen LogP contribution in [0, 0.1) is 6.92 Å². The molecule has 3 N–H and O–H groups in total. The summed E-state index contributed by atoms with van der Waals surface area (Å²) >= 11 is 3.39. The summed E-state index contributed by atoms with van der Waals surface area (Å²) in [7, 11) is 0. The topological polar surface area (TPSA) is 112 Å². The molecule has 0 bridgehead atoms. The highest BCUT2D eigenvalue weighted by Gasteiger charge is 2.26. The second-order valence-electron chi connectivity index (χ2n) is 9.33. The lowest BCUT2D eigenvalue weighted by Crippen LogP contribution is -2.31. The van der Waals surface area contributed by atoms with Crippen LogP contribution in [0.25, 0.3) is 27.7 Å². The van der Waals surface area contributed by atoms with Crippen LogP contribution < -0.4 is 10.9 Å². The minimum Gasteiger partial charge on any atom is -0.394 e. The minimum atomic E-state index is -0.619. The van der Waals surface area contributed by atoms with Crippen molar-refractivity contribution in [3.63, 3.8) is 0 Å². The summed E-state index contributed by atoms with van der Waals surface area (Å²) in [4.78, 5) is 34.1. The first-order chi connectivity index (χ1) is 17.8. The maximum Gasteiger partial charge on any atom is 0.274 e. The van der Waals surface area contributed by atoms with Gasteiger partial charge in [0.1, 0.15) is 5.52 Å². The second kappa shape index (κ2) is 9.91. The Labute approximate surface area is 221 Å². The molecule has 5 aromatic rings. The Morgan fingerprint density at radius 2 is 1.95 bits per heavy atom. The van der Waals surface area contributed by atoms with E-state index < -0.39 is 11.9 Å². The van der Waals surface area contributed by atoms with E-state index in [4.69, 9.17) is 0 Å². The van der Waals surface area contributed by atoms with Gasteiger partial charge in [0.25, 0.3) is 11.5 Å². The number of carbonyl (C=O) groups is 1. The third-order valence-electron chi connectivity index (χ3n) is 6.47. The minimum absolute atomic E-state index is 0.143. The predicted octanol–water partition coefficient (Wildman–Crippen LogP) is 4.90. The fourth-order valence-electron chi connectivity index (χ4n) is 4.57. The second-order valence-corrected chi connectivity index (χ2v) is 10.2. The Morgan fingerprint density at radius 1 is 1.19 bits per heavy atom. The van der Waals surface area contributed by atoms with Crippen LogP contribution in [-0.4, -0.2) is 37.2 Å². The Balaban J connectivity index is 1.57. The summed E-state index contributed by atoms with van der Waals surface area (Å²) in [5, 5.41) is 18.3. The van der Waals surface area contributed by atoms with Gasteiger partial charge in [-0.2, -0.15) is 5.10 Å². The molecule has 0 aliphatic heterocycles. The van der Waals surface area contributed by atoms with Gasteiger partial charge in [0.2, 0.25) is 0 Å². The number of aryl methyl sites for hydroxylation is 1. The maximum atomic E-state index is 13.4. The van der Waals surface area contributed by atoms with Gasteiger partial charge in [0.15, 0.2) is 5.69 Å². The number of carbonyl (C=O) groups excluding carboxylic acids is 1. The molecule has 0 saturated carbocycles. The number of nitrogens with zero attached hydrogens (tertiary/aromatic N) is 3.